The van der Waals surface area contributed by atoms with Crippen molar-refractivity contribution in [1.29, 1.82) is 0 Å². The van der Waals surface area contributed by atoms with Crippen LogP contribution in [0.4, 0.5) is 0 Å². The molecule has 0 amide bonds. The van der Waals surface area contributed by atoms with Crippen LogP contribution in [-0.4, -0.2) is 29.2 Å². The number of rotatable bonds is 7. The van der Waals surface area contributed by atoms with Crippen LogP contribution >= 0.6 is 0 Å². The topological polar surface area (TPSA) is 73.1 Å². The number of aromatic nitrogens is 2. The maximum atomic E-state index is 6.12. The molecule has 2 aromatic rings. The number of nitrogens with two attached hydrogens (primary N) is 1. The van der Waals surface area contributed by atoms with Gasteiger partial charge in [-0.15, -0.1) is 0 Å². The van der Waals surface area contributed by atoms with Crippen molar-refractivity contribution < 1.29 is 4.74 Å². The Morgan fingerprint density at radius 1 is 1.17 bits per heavy atom. The van der Waals surface area contributed by atoms with Crippen LogP contribution < -0.4 is 15.8 Å². The number of hydrogen-bond acceptors (Lipinski definition) is 5. The fraction of sp³-hybridized carbons (Fsp3) is 0.474. The van der Waals surface area contributed by atoms with E-state index in [2.05, 4.69) is 29.1 Å². The van der Waals surface area contributed by atoms with E-state index in [0.29, 0.717) is 13.2 Å². The smallest absolute Gasteiger partial charge is 0.137 e. The summed E-state index contributed by atoms with van der Waals surface area (Å²) in [5.74, 6) is 0.754. The molecule has 1 atom stereocenters. The number of nitrogens with one attached hydrogen (secondary N) is 1. The van der Waals surface area contributed by atoms with E-state index in [9.17, 15) is 0 Å². The fourth-order valence-corrected chi connectivity index (χ4v) is 2.13. The van der Waals surface area contributed by atoms with Crippen LogP contribution in [0.3, 0.4) is 0 Å². The molecule has 0 aliphatic rings. The normalized spacial score (nSPS) is 12.1. The summed E-state index contributed by atoms with van der Waals surface area (Å²) in [7, 11) is 0. The fourth-order valence-electron chi connectivity index (χ4n) is 2.13. The number of pyridine rings is 2. The maximum Gasteiger partial charge on any atom is 0.137 e. The second-order valence-corrected chi connectivity index (χ2v) is 6.01. The average molecular weight is 330 g/mol. The van der Waals surface area contributed by atoms with Gasteiger partial charge >= 0.3 is 0 Å². The Kier molecular flexibility index (Phi) is 8.36. The van der Waals surface area contributed by atoms with E-state index >= 15 is 0 Å². The van der Waals surface area contributed by atoms with Gasteiger partial charge in [0.1, 0.15) is 12.4 Å². The maximum absolute atomic E-state index is 6.12. The molecule has 2 heterocycles. The standard InChI is InChI=1S/C17H24N4O.C2H6/c1-13-8-16(11-20-9-13)22-12-15(18)10-21-17(2,3)14-4-6-19-7-5-14;1-2/h4-9,11,15,21H,10,12,18H2,1-3H3;1-2H3. The number of nitrogens with zero attached hydrogens (tertiary/aromatic N) is 2. The zero-order chi connectivity index (χ0) is 18.0. The molecule has 0 radical (unpaired) electrons. The predicted molar refractivity (Wildman–Crippen MR) is 99.1 cm³/mol. The molecule has 0 spiro atoms. The third-order valence-electron chi connectivity index (χ3n) is 3.52. The lowest BCUT2D eigenvalue weighted by molar-refractivity contribution is 0.269. The van der Waals surface area contributed by atoms with Gasteiger partial charge in [-0.1, -0.05) is 13.8 Å². The minimum absolute atomic E-state index is 0.0957. The predicted octanol–water partition coefficient (Wildman–Crippen LogP) is 3.04. The molecular formula is C19H30N4O. The molecule has 0 aliphatic carbocycles. The Morgan fingerprint density at radius 2 is 1.83 bits per heavy atom. The SMILES string of the molecule is CC.Cc1cncc(OCC(N)CNC(C)(C)c2ccncc2)c1. The molecule has 0 aromatic carbocycles. The van der Waals surface area contributed by atoms with Gasteiger partial charge in [-0.25, -0.2) is 0 Å². The molecule has 0 bridgehead atoms. The lowest BCUT2D eigenvalue weighted by Crippen LogP contribution is -2.46. The molecule has 0 saturated carbocycles. The molecular weight excluding hydrogens is 300 g/mol. The van der Waals surface area contributed by atoms with Crippen molar-refractivity contribution in [2.24, 2.45) is 5.73 Å². The highest BCUT2D eigenvalue weighted by atomic mass is 16.5. The zero-order valence-corrected chi connectivity index (χ0v) is 15.4. The Labute approximate surface area is 145 Å². The van der Waals surface area contributed by atoms with Crippen molar-refractivity contribution in [2.45, 2.75) is 46.2 Å². The van der Waals surface area contributed by atoms with Gasteiger partial charge < -0.3 is 15.8 Å². The summed E-state index contributed by atoms with van der Waals surface area (Å²) in [5, 5.41) is 3.47. The molecule has 132 valence electrons. The largest absolute Gasteiger partial charge is 0.490 e. The Bertz CT molecular complexity index is 587. The number of aryl methyl sites for hydroxylation is 1. The lowest BCUT2D eigenvalue weighted by atomic mass is 9.95. The Morgan fingerprint density at radius 3 is 2.46 bits per heavy atom. The van der Waals surface area contributed by atoms with Gasteiger partial charge in [0.2, 0.25) is 0 Å². The monoisotopic (exact) mass is 330 g/mol. The molecule has 0 saturated heterocycles. The summed E-state index contributed by atoms with van der Waals surface area (Å²) in [6.45, 7) is 11.3. The van der Waals surface area contributed by atoms with E-state index in [4.69, 9.17) is 10.5 Å². The van der Waals surface area contributed by atoms with E-state index in [1.165, 1.54) is 5.56 Å². The van der Waals surface area contributed by atoms with Gasteiger partial charge in [0, 0.05) is 30.7 Å². The zero-order valence-electron chi connectivity index (χ0n) is 15.4. The van der Waals surface area contributed by atoms with Crippen LogP contribution in [0.5, 0.6) is 5.75 Å². The molecule has 5 nitrogen and oxygen atoms in total. The van der Waals surface area contributed by atoms with Crippen molar-refractivity contribution in [2.75, 3.05) is 13.2 Å². The first-order chi connectivity index (χ1) is 11.5. The molecule has 24 heavy (non-hydrogen) atoms. The molecule has 0 aliphatic heterocycles. The van der Waals surface area contributed by atoms with Gasteiger partial charge in [-0.3, -0.25) is 9.97 Å². The molecule has 3 N–H and O–H groups in total. The molecule has 2 aromatic heterocycles. The Balaban J connectivity index is 0.00000139. The van der Waals surface area contributed by atoms with Crippen LogP contribution in [0.1, 0.15) is 38.8 Å². The molecule has 5 heteroatoms. The highest BCUT2D eigenvalue weighted by Gasteiger charge is 2.20. The minimum Gasteiger partial charge on any atom is -0.490 e. The van der Waals surface area contributed by atoms with Crippen LogP contribution in [0.2, 0.25) is 0 Å². The van der Waals surface area contributed by atoms with E-state index in [0.717, 1.165) is 11.3 Å². The van der Waals surface area contributed by atoms with Crippen LogP contribution in [0.25, 0.3) is 0 Å². The summed E-state index contributed by atoms with van der Waals surface area (Å²) >= 11 is 0. The minimum atomic E-state index is -0.161. The summed E-state index contributed by atoms with van der Waals surface area (Å²) in [4.78, 5) is 8.15. The van der Waals surface area contributed by atoms with Gasteiger partial charge in [-0.05, 0) is 50.1 Å². The lowest BCUT2D eigenvalue weighted by Gasteiger charge is -2.28. The highest BCUT2D eigenvalue weighted by Crippen LogP contribution is 2.18. The van der Waals surface area contributed by atoms with E-state index in [1.54, 1.807) is 24.8 Å². The van der Waals surface area contributed by atoms with E-state index < -0.39 is 0 Å². The molecule has 0 fully saturated rings. The highest BCUT2D eigenvalue weighted by molar-refractivity contribution is 5.22. The summed E-state index contributed by atoms with van der Waals surface area (Å²) in [5.41, 5.74) is 8.21. The van der Waals surface area contributed by atoms with Crippen LogP contribution in [0.15, 0.2) is 43.0 Å². The van der Waals surface area contributed by atoms with Crippen LogP contribution in [-0.2, 0) is 5.54 Å². The number of ether oxygens (including phenoxy) is 1. The first-order valence-electron chi connectivity index (χ1n) is 8.43. The van der Waals surface area contributed by atoms with E-state index in [-0.39, 0.29) is 11.6 Å². The summed E-state index contributed by atoms with van der Waals surface area (Å²) < 4.78 is 5.68. The third kappa shape index (κ3) is 6.64. The summed E-state index contributed by atoms with van der Waals surface area (Å²) in [6, 6.07) is 5.87. The first kappa shape index (κ1) is 20.1. The van der Waals surface area contributed by atoms with E-state index in [1.807, 2.05) is 39.0 Å². The van der Waals surface area contributed by atoms with Crippen molar-refractivity contribution in [3.8, 4) is 5.75 Å². The first-order valence-corrected chi connectivity index (χ1v) is 8.43. The average Bonchev–Trinajstić information content (AvgIpc) is 2.61. The third-order valence-corrected chi connectivity index (χ3v) is 3.52. The second-order valence-electron chi connectivity index (χ2n) is 6.01. The van der Waals surface area contributed by atoms with Gasteiger partial charge in [0.05, 0.1) is 12.2 Å². The molecule has 2 rings (SSSR count). The van der Waals surface area contributed by atoms with Crippen molar-refractivity contribution in [1.82, 2.24) is 15.3 Å². The van der Waals surface area contributed by atoms with Gasteiger partial charge in [0.25, 0.3) is 0 Å². The van der Waals surface area contributed by atoms with Crippen molar-refractivity contribution in [3.63, 3.8) is 0 Å². The van der Waals surface area contributed by atoms with Crippen LogP contribution in [0, 0.1) is 6.92 Å². The van der Waals surface area contributed by atoms with Gasteiger partial charge in [-0.2, -0.15) is 0 Å². The van der Waals surface area contributed by atoms with Crippen molar-refractivity contribution in [3.05, 3.63) is 54.1 Å². The van der Waals surface area contributed by atoms with Gasteiger partial charge in [0.15, 0.2) is 0 Å². The van der Waals surface area contributed by atoms with Crippen molar-refractivity contribution >= 4 is 0 Å². The molecule has 1 unspecified atom stereocenters. The Hall–Kier alpha value is -1.98. The number of hydrogen-bond donors (Lipinski definition) is 2. The quantitative estimate of drug-likeness (QED) is 0.816. The second kappa shape index (κ2) is 10.0. The summed E-state index contributed by atoms with van der Waals surface area (Å²) in [6.07, 6.45) is 7.10.